The Morgan fingerprint density at radius 2 is 0.840 bits per heavy atom. The van der Waals surface area contributed by atoms with Gasteiger partial charge in [0.15, 0.2) is 0 Å². The van der Waals surface area contributed by atoms with Gasteiger partial charge in [0.2, 0.25) is 0 Å². The number of carboxylic acid groups (broad SMARTS) is 1. The Hall–Kier alpha value is -5.39. The number of benzene rings is 6. The maximum atomic E-state index is 13.0. The summed E-state index contributed by atoms with van der Waals surface area (Å²) >= 11 is 39.1. The van der Waals surface area contributed by atoms with Crippen molar-refractivity contribution in [2.75, 3.05) is 21.7 Å². The SMILES string of the molecule is CCCCI.CCCCOC(=O)C(Cc1ccc(NC(=O)c2c(Cl)cccc2Cl)cc1)NC(=O)c1c(C)cccc1Cl.Cc1cccc(Cl)c1C(=O)NC(Cc1ccc(NC(=O)c2c(Cl)cccc2Cl)cc1)C(=O)O. The van der Waals surface area contributed by atoms with E-state index in [0.29, 0.717) is 38.7 Å². The minimum atomic E-state index is -1.18. The summed E-state index contributed by atoms with van der Waals surface area (Å²) in [6, 6.07) is 31.1. The number of carboxylic acids is 1. The summed E-state index contributed by atoms with van der Waals surface area (Å²) in [4.78, 5) is 75.4. The molecule has 6 aromatic rings. The third-order valence-electron chi connectivity index (χ3n) is 11.0. The number of carbonyl (C=O) groups is 6. The summed E-state index contributed by atoms with van der Waals surface area (Å²) in [5.41, 5.74) is 4.62. The first kappa shape index (κ1) is 62.2. The number of amides is 4. The van der Waals surface area contributed by atoms with Gasteiger partial charge >= 0.3 is 11.9 Å². The molecule has 0 aliphatic rings. The number of hydrogen-bond donors (Lipinski definition) is 5. The van der Waals surface area contributed by atoms with Crippen LogP contribution in [0.4, 0.5) is 11.4 Å². The summed E-state index contributed by atoms with van der Waals surface area (Å²) in [6.07, 6.45) is 4.53. The van der Waals surface area contributed by atoms with Gasteiger partial charge in [-0.25, -0.2) is 9.59 Å². The lowest BCUT2D eigenvalue weighted by molar-refractivity contribution is -0.146. The van der Waals surface area contributed by atoms with Crippen LogP contribution in [0.5, 0.6) is 0 Å². The molecule has 396 valence electrons. The zero-order chi connectivity index (χ0) is 55.2. The molecular weight excluding hydrogens is 1200 g/mol. The van der Waals surface area contributed by atoms with Crippen LogP contribution >= 0.6 is 92.2 Å². The minimum Gasteiger partial charge on any atom is -0.480 e. The third kappa shape index (κ3) is 19.3. The highest BCUT2D eigenvalue weighted by molar-refractivity contribution is 14.1. The van der Waals surface area contributed by atoms with Crippen molar-refractivity contribution >= 4 is 139 Å². The van der Waals surface area contributed by atoms with Crippen LogP contribution in [0.3, 0.4) is 0 Å². The second kappa shape index (κ2) is 31.6. The van der Waals surface area contributed by atoms with E-state index < -0.39 is 47.7 Å². The summed E-state index contributed by atoms with van der Waals surface area (Å²) in [7, 11) is 0. The Labute approximate surface area is 480 Å². The first-order valence-electron chi connectivity index (χ1n) is 23.6. The number of alkyl halides is 1. The molecule has 6 rings (SSSR count). The molecule has 4 amide bonds. The highest BCUT2D eigenvalue weighted by Gasteiger charge is 2.26. The number of unbranched alkanes of at least 4 members (excludes halogenated alkanes) is 2. The average Bonchev–Trinajstić information content (AvgIpc) is 3.35. The molecule has 0 saturated carbocycles. The largest absolute Gasteiger partial charge is 0.480 e. The van der Waals surface area contributed by atoms with E-state index >= 15 is 0 Å². The molecule has 0 bridgehead atoms. The number of nitrogens with one attached hydrogen (secondary N) is 4. The van der Waals surface area contributed by atoms with E-state index in [9.17, 15) is 33.9 Å². The first-order valence-corrected chi connectivity index (χ1v) is 27.3. The van der Waals surface area contributed by atoms with Crippen LogP contribution < -0.4 is 21.3 Å². The lowest BCUT2D eigenvalue weighted by atomic mass is 10.0. The predicted octanol–water partition coefficient (Wildman–Crippen LogP) is 14.7. The number of carbonyl (C=O) groups excluding carboxylic acids is 5. The highest BCUT2D eigenvalue weighted by Crippen LogP contribution is 2.28. The Morgan fingerprint density at radius 1 is 0.493 bits per heavy atom. The van der Waals surface area contributed by atoms with Crippen molar-refractivity contribution in [3.63, 3.8) is 0 Å². The standard InChI is InChI=1S/C28H27Cl3N2O4.C24H19Cl3N2O4.C4H9I/c1-3-4-15-37-28(36)23(33-26(34)24-17(2)7-5-8-20(24)29)16-18-11-13-19(14-12-18)32-27(35)25-21(30)9-6-10-22(25)31;1-13-4-2-5-16(25)20(13)22(30)29-19(24(32)33)12-14-8-10-15(11-9-14)28-23(31)21-17(26)6-3-7-18(21)27;1-2-3-4-5/h5-14,23H,3-4,15-16H2,1-2H3,(H,32,35)(H,33,34);2-11,19H,12H2,1H3,(H,28,31)(H,29,30)(H,32,33);2-4H2,1H3. The van der Waals surface area contributed by atoms with E-state index in [0.717, 1.165) is 18.4 Å². The molecule has 0 radical (unpaired) electrons. The number of rotatable bonds is 19. The number of anilines is 2. The Balaban J connectivity index is 0.000000299. The van der Waals surface area contributed by atoms with Gasteiger partial charge in [0.25, 0.3) is 23.6 Å². The van der Waals surface area contributed by atoms with E-state index in [-0.39, 0.29) is 61.3 Å². The van der Waals surface area contributed by atoms with Crippen molar-refractivity contribution < 1.29 is 38.6 Å². The second-order valence-electron chi connectivity index (χ2n) is 16.7. The van der Waals surface area contributed by atoms with Crippen LogP contribution in [0, 0.1) is 13.8 Å². The molecule has 12 nitrogen and oxygen atoms in total. The van der Waals surface area contributed by atoms with Crippen molar-refractivity contribution in [1.29, 1.82) is 0 Å². The summed E-state index contributed by atoms with van der Waals surface area (Å²) < 4.78 is 6.71. The number of aliphatic carboxylic acids is 1. The van der Waals surface area contributed by atoms with Crippen molar-refractivity contribution in [3.8, 4) is 0 Å². The molecule has 0 heterocycles. The lowest BCUT2D eigenvalue weighted by Gasteiger charge is -2.19. The Morgan fingerprint density at radius 3 is 1.17 bits per heavy atom. The molecule has 0 aromatic heterocycles. The van der Waals surface area contributed by atoms with Crippen LogP contribution in [-0.4, -0.2) is 63.8 Å². The van der Waals surface area contributed by atoms with Crippen LogP contribution in [0.2, 0.25) is 30.1 Å². The van der Waals surface area contributed by atoms with Crippen molar-refractivity contribution in [2.24, 2.45) is 0 Å². The van der Waals surface area contributed by atoms with Crippen LogP contribution in [0.15, 0.2) is 121 Å². The van der Waals surface area contributed by atoms with E-state index in [2.05, 4.69) is 50.8 Å². The van der Waals surface area contributed by atoms with Gasteiger partial charge in [-0.1, -0.05) is 180 Å². The van der Waals surface area contributed by atoms with Crippen molar-refractivity contribution in [1.82, 2.24) is 10.6 Å². The van der Waals surface area contributed by atoms with Crippen molar-refractivity contribution in [3.05, 3.63) is 196 Å². The molecule has 6 aromatic carbocycles. The summed E-state index contributed by atoms with van der Waals surface area (Å²) in [5.74, 6) is -3.64. The topological polar surface area (TPSA) is 180 Å². The van der Waals surface area contributed by atoms with Gasteiger partial charge < -0.3 is 31.1 Å². The zero-order valence-corrected chi connectivity index (χ0v) is 48.0. The van der Waals surface area contributed by atoms with E-state index in [4.69, 9.17) is 74.3 Å². The van der Waals surface area contributed by atoms with Gasteiger partial charge in [-0.15, -0.1) is 0 Å². The fraction of sp³-hybridized carbons (Fsp3) is 0.250. The number of hydrogen-bond acceptors (Lipinski definition) is 7. The van der Waals surface area contributed by atoms with Gasteiger partial charge in [-0.3, -0.25) is 19.2 Å². The number of esters is 1. The fourth-order valence-electron chi connectivity index (χ4n) is 6.98. The smallest absolute Gasteiger partial charge is 0.328 e. The second-order valence-corrected chi connectivity index (χ2v) is 20.2. The molecule has 0 aliphatic heterocycles. The molecule has 2 unspecified atom stereocenters. The number of aryl methyl sites for hydroxylation is 2. The quantitative estimate of drug-likeness (QED) is 0.0230. The van der Waals surface area contributed by atoms with Gasteiger partial charge in [0.05, 0.1) is 59.0 Å². The fourth-order valence-corrected chi connectivity index (χ4v) is 9.50. The zero-order valence-electron chi connectivity index (χ0n) is 41.3. The Kier molecular flexibility index (Phi) is 26.2. The van der Waals surface area contributed by atoms with Gasteiger partial charge in [-0.2, -0.15) is 0 Å². The van der Waals surface area contributed by atoms with Gasteiger partial charge in [0, 0.05) is 24.2 Å². The average molecular weight is 1250 g/mol. The normalized spacial score (nSPS) is 11.3. The molecule has 19 heteroatoms. The van der Waals surface area contributed by atoms with Crippen molar-refractivity contribution in [2.45, 2.75) is 78.3 Å². The van der Waals surface area contributed by atoms with Gasteiger partial charge in [0.1, 0.15) is 12.1 Å². The van der Waals surface area contributed by atoms with Crippen LogP contribution in [0.25, 0.3) is 0 Å². The molecule has 0 fully saturated rings. The van der Waals surface area contributed by atoms with E-state index in [1.54, 1.807) is 135 Å². The molecule has 0 saturated heterocycles. The maximum Gasteiger partial charge on any atom is 0.328 e. The maximum absolute atomic E-state index is 13.0. The molecule has 0 aliphatic carbocycles. The minimum absolute atomic E-state index is 0.0368. The lowest BCUT2D eigenvalue weighted by Crippen LogP contribution is -2.43. The van der Waals surface area contributed by atoms with E-state index in [1.165, 1.54) is 17.3 Å². The summed E-state index contributed by atoms with van der Waals surface area (Å²) in [5, 5.41) is 21.8. The molecular formula is C56H55Cl6IN4O8. The molecule has 2 atom stereocenters. The van der Waals surface area contributed by atoms with Crippen LogP contribution in [-0.2, 0) is 27.2 Å². The highest BCUT2D eigenvalue weighted by atomic mass is 127. The monoisotopic (exact) mass is 1250 g/mol. The van der Waals surface area contributed by atoms with E-state index in [1.807, 2.05) is 6.92 Å². The molecule has 75 heavy (non-hydrogen) atoms. The summed E-state index contributed by atoms with van der Waals surface area (Å²) in [6.45, 7) is 7.96. The number of ether oxygens (including phenoxy) is 1. The number of halogens is 7. The first-order chi connectivity index (χ1) is 35.8. The predicted molar refractivity (Wildman–Crippen MR) is 311 cm³/mol. The third-order valence-corrected chi connectivity index (χ3v) is 13.7. The molecule has 5 N–H and O–H groups in total. The molecule has 0 spiro atoms. The Bertz CT molecular complexity index is 2860. The van der Waals surface area contributed by atoms with Gasteiger partial charge in [-0.05, 0) is 114 Å². The van der Waals surface area contributed by atoms with Crippen LogP contribution in [0.1, 0.15) is 103 Å².